The molecule has 1 aromatic heterocycles. The maximum Gasteiger partial charge on any atom is 0.171 e. The second-order valence-corrected chi connectivity index (χ2v) is 6.38. The zero-order chi connectivity index (χ0) is 15.2. The smallest absolute Gasteiger partial charge is 0.171 e. The SMILES string of the molecule is CCCCCCCCCCCCc1ccc[n+](CCC)c1. The molecule has 0 spiro atoms. The maximum atomic E-state index is 2.33. The molecule has 0 bridgehead atoms. The van der Waals surface area contributed by atoms with Gasteiger partial charge in [-0.2, -0.15) is 0 Å². The molecule has 1 aromatic rings. The maximum absolute atomic E-state index is 2.33. The monoisotopic (exact) mass is 290 g/mol. The molecule has 1 heterocycles. The van der Waals surface area contributed by atoms with Crippen molar-refractivity contribution >= 4 is 0 Å². The van der Waals surface area contributed by atoms with E-state index >= 15 is 0 Å². The first-order valence-corrected chi connectivity index (χ1v) is 9.34. The van der Waals surface area contributed by atoms with Crippen molar-refractivity contribution in [1.29, 1.82) is 0 Å². The highest BCUT2D eigenvalue weighted by Gasteiger charge is 2.01. The van der Waals surface area contributed by atoms with Crippen molar-refractivity contribution in [3.63, 3.8) is 0 Å². The summed E-state index contributed by atoms with van der Waals surface area (Å²) in [7, 11) is 0. The molecule has 0 amide bonds. The summed E-state index contributed by atoms with van der Waals surface area (Å²) < 4.78 is 2.33. The summed E-state index contributed by atoms with van der Waals surface area (Å²) in [6.07, 6.45) is 21.2. The molecule has 0 atom stereocenters. The first-order valence-electron chi connectivity index (χ1n) is 9.34. The number of pyridine rings is 1. The number of aryl methyl sites for hydroxylation is 2. The van der Waals surface area contributed by atoms with E-state index in [0.29, 0.717) is 0 Å². The van der Waals surface area contributed by atoms with Gasteiger partial charge in [0.15, 0.2) is 12.4 Å². The average molecular weight is 291 g/mol. The van der Waals surface area contributed by atoms with Crippen LogP contribution in [0.25, 0.3) is 0 Å². The van der Waals surface area contributed by atoms with Crippen LogP contribution in [0.4, 0.5) is 0 Å². The lowest BCUT2D eigenvalue weighted by molar-refractivity contribution is -0.697. The van der Waals surface area contributed by atoms with Crippen LogP contribution >= 0.6 is 0 Å². The molecular formula is C20H36N+. The Hall–Kier alpha value is -0.850. The van der Waals surface area contributed by atoms with E-state index in [0.717, 1.165) is 6.54 Å². The number of aromatic nitrogens is 1. The van der Waals surface area contributed by atoms with Gasteiger partial charge in [0.2, 0.25) is 0 Å². The van der Waals surface area contributed by atoms with Gasteiger partial charge in [-0.3, -0.25) is 0 Å². The van der Waals surface area contributed by atoms with E-state index in [9.17, 15) is 0 Å². The van der Waals surface area contributed by atoms with Gasteiger partial charge in [-0.15, -0.1) is 0 Å². The standard InChI is InChI=1S/C20H36N/c1-3-5-6-7-8-9-10-11-12-13-15-20-16-14-18-21(19-20)17-4-2/h14,16,18-19H,3-13,15,17H2,1-2H3/q+1. The molecule has 0 unspecified atom stereocenters. The van der Waals surface area contributed by atoms with E-state index in [1.54, 1.807) is 0 Å². The van der Waals surface area contributed by atoms with Gasteiger partial charge in [0.05, 0.1) is 0 Å². The molecule has 0 aliphatic carbocycles. The summed E-state index contributed by atoms with van der Waals surface area (Å²) in [5.41, 5.74) is 1.51. The third-order valence-corrected chi connectivity index (χ3v) is 4.22. The Bertz CT molecular complexity index is 345. The summed E-state index contributed by atoms with van der Waals surface area (Å²) in [4.78, 5) is 0. The molecule has 0 saturated heterocycles. The number of rotatable bonds is 13. The van der Waals surface area contributed by atoms with Crippen LogP contribution in [-0.2, 0) is 13.0 Å². The van der Waals surface area contributed by atoms with Crippen molar-refractivity contribution in [3.8, 4) is 0 Å². The second-order valence-electron chi connectivity index (χ2n) is 6.38. The van der Waals surface area contributed by atoms with Crippen molar-refractivity contribution < 1.29 is 4.57 Å². The van der Waals surface area contributed by atoms with Gasteiger partial charge in [-0.1, -0.05) is 71.6 Å². The Morgan fingerprint density at radius 2 is 1.38 bits per heavy atom. The molecule has 0 radical (unpaired) electrons. The highest BCUT2D eigenvalue weighted by atomic mass is 14.9. The summed E-state index contributed by atoms with van der Waals surface area (Å²) in [6, 6.07) is 4.47. The minimum atomic E-state index is 1.14. The molecule has 1 nitrogen and oxygen atoms in total. The molecule has 0 saturated carbocycles. The summed E-state index contributed by atoms with van der Waals surface area (Å²) >= 11 is 0. The van der Waals surface area contributed by atoms with Crippen LogP contribution < -0.4 is 4.57 Å². The fourth-order valence-corrected chi connectivity index (χ4v) is 2.94. The van der Waals surface area contributed by atoms with Crippen LogP contribution in [-0.4, -0.2) is 0 Å². The quantitative estimate of drug-likeness (QED) is 0.317. The Morgan fingerprint density at radius 1 is 0.762 bits per heavy atom. The number of hydrogen-bond acceptors (Lipinski definition) is 0. The zero-order valence-corrected chi connectivity index (χ0v) is 14.4. The van der Waals surface area contributed by atoms with E-state index in [-0.39, 0.29) is 0 Å². The summed E-state index contributed by atoms with van der Waals surface area (Å²) in [5.74, 6) is 0. The molecule has 21 heavy (non-hydrogen) atoms. The first-order chi connectivity index (χ1) is 10.4. The molecule has 0 N–H and O–H groups in total. The van der Waals surface area contributed by atoms with Crippen LogP contribution in [0.1, 0.15) is 90.0 Å². The Kier molecular flexibility index (Phi) is 11.1. The topological polar surface area (TPSA) is 3.88 Å². The van der Waals surface area contributed by atoms with E-state index < -0.39 is 0 Å². The van der Waals surface area contributed by atoms with Crippen molar-refractivity contribution in [2.75, 3.05) is 0 Å². The summed E-state index contributed by atoms with van der Waals surface area (Å²) in [6.45, 7) is 5.67. The highest BCUT2D eigenvalue weighted by Crippen LogP contribution is 2.11. The minimum Gasteiger partial charge on any atom is -0.205 e. The Balaban J connectivity index is 1.97. The molecule has 1 heteroatoms. The third kappa shape index (κ3) is 9.66. The van der Waals surface area contributed by atoms with Gasteiger partial charge in [0, 0.05) is 18.1 Å². The van der Waals surface area contributed by atoms with Crippen LogP contribution in [0, 0.1) is 0 Å². The Labute approximate surface area is 132 Å². The predicted octanol–water partition coefficient (Wildman–Crippen LogP) is 5.85. The van der Waals surface area contributed by atoms with Crippen molar-refractivity contribution in [2.45, 2.75) is 97.4 Å². The summed E-state index contributed by atoms with van der Waals surface area (Å²) in [5, 5.41) is 0. The average Bonchev–Trinajstić information content (AvgIpc) is 2.50. The van der Waals surface area contributed by atoms with E-state index in [2.05, 4.69) is 42.9 Å². The van der Waals surface area contributed by atoms with Gasteiger partial charge in [0.1, 0.15) is 6.54 Å². The van der Waals surface area contributed by atoms with E-state index in [4.69, 9.17) is 0 Å². The molecule has 0 aromatic carbocycles. The fourth-order valence-electron chi connectivity index (χ4n) is 2.94. The minimum absolute atomic E-state index is 1.14. The molecule has 120 valence electrons. The number of hydrogen-bond donors (Lipinski definition) is 0. The number of nitrogens with zero attached hydrogens (tertiary/aromatic N) is 1. The predicted molar refractivity (Wildman–Crippen MR) is 92.5 cm³/mol. The normalized spacial score (nSPS) is 11.0. The molecule has 0 aliphatic heterocycles. The largest absolute Gasteiger partial charge is 0.205 e. The Morgan fingerprint density at radius 3 is 2.00 bits per heavy atom. The van der Waals surface area contributed by atoms with E-state index in [1.807, 2.05) is 0 Å². The lowest BCUT2D eigenvalue weighted by Crippen LogP contribution is -2.32. The van der Waals surface area contributed by atoms with Gasteiger partial charge in [-0.25, -0.2) is 4.57 Å². The fraction of sp³-hybridized carbons (Fsp3) is 0.750. The van der Waals surface area contributed by atoms with Crippen LogP contribution in [0.3, 0.4) is 0 Å². The lowest BCUT2D eigenvalue weighted by Gasteiger charge is -2.03. The van der Waals surface area contributed by atoms with Crippen molar-refractivity contribution in [3.05, 3.63) is 30.1 Å². The van der Waals surface area contributed by atoms with Gasteiger partial charge in [-0.05, 0) is 18.9 Å². The van der Waals surface area contributed by atoms with Crippen LogP contribution in [0.2, 0.25) is 0 Å². The van der Waals surface area contributed by atoms with Crippen LogP contribution in [0.15, 0.2) is 24.5 Å². The second kappa shape index (κ2) is 12.9. The van der Waals surface area contributed by atoms with Gasteiger partial charge < -0.3 is 0 Å². The number of unbranched alkanes of at least 4 members (excludes halogenated alkanes) is 9. The van der Waals surface area contributed by atoms with Gasteiger partial charge in [0.25, 0.3) is 0 Å². The van der Waals surface area contributed by atoms with Crippen LogP contribution in [0.5, 0.6) is 0 Å². The molecular weight excluding hydrogens is 254 g/mol. The van der Waals surface area contributed by atoms with Gasteiger partial charge >= 0.3 is 0 Å². The molecule has 1 rings (SSSR count). The van der Waals surface area contributed by atoms with Crippen molar-refractivity contribution in [2.24, 2.45) is 0 Å². The zero-order valence-electron chi connectivity index (χ0n) is 14.4. The lowest BCUT2D eigenvalue weighted by atomic mass is 10.0. The third-order valence-electron chi connectivity index (χ3n) is 4.22. The molecule has 0 fully saturated rings. The van der Waals surface area contributed by atoms with E-state index in [1.165, 1.54) is 82.6 Å². The highest BCUT2D eigenvalue weighted by molar-refractivity contribution is 5.05. The molecule has 0 aliphatic rings. The first kappa shape index (κ1) is 18.2. The van der Waals surface area contributed by atoms with Crippen molar-refractivity contribution in [1.82, 2.24) is 0 Å².